The van der Waals surface area contributed by atoms with Gasteiger partial charge in [0.25, 0.3) is 0 Å². The highest BCUT2D eigenvalue weighted by Gasteiger charge is 2.87. The van der Waals surface area contributed by atoms with Crippen LogP contribution < -0.4 is 29.4 Å². The fourth-order valence-corrected chi connectivity index (χ4v) is 24.3. The first-order valence-corrected chi connectivity index (χ1v) is 36.2. The van der Waals surface area contributed by atoms with Gasteiger partial charge in [0.05, 0.1) is 45.3 Å². The number of nitrogens with zero attached hydrogens (tertiary/aromatic N) is 6. The van der Waals surface area contributed by atoms with E-state index in [1.165, 1.54) is 67.3 Å². The molecule has 8 atom stereocenters. The van der Waals surface area contributed by atoms with Crippen LogP contribution in [0.5, 0.6) is 0 Å². The number of hydrogen-bond donors (Lipinski definition) is 2. The summed E-state index contributed by atoms with van der Waals surface area (Å²) >= 11 is 0. The molecule has 2 N–H and O–H groups in total. The number of rotatable bonds is 7. The number of carboxylic acids is 2. The number of anilines is 6. The minimum Gasteiger partial charge on any atom is -0.478 e. The number of fused-ring (bicyclic) bond motifs is 3. The molecule has 27 aliphatic rings. The summed E-state index contributed by atoms with van der Waals surface area (Å²) in [5.41, 5.74) is 29.6. The largest absolute Gasteiger partial charge is 0.478 e. The molecule has 97 heavy (non-hydrogen) atoms. The van der Waals surface area contributed by atoms with E-state index in [1.54, 1.807) is 46.5 Å². The van der Waals surface area contributed by atoms with Gasteiger partial charge in [0.2, 0.25) is 0 Å². The molecule has 8 saturated carbocycles. The maximum absolute atomic E-state index is 11.2. The molecule has 3 aliphatic heterocycles. The molecule has 0 aromatic heterocycles. The van der Waals surface area contributed by atoms with E-state index in [-0.39, 0.29) is 17.3 Å². The van der Waals surface area contributed by atoms with Crippen LogP contribution in [0.3, 0.4) is 0 Å². The van der Waals surface area contributed by atoms with Gasteiger partial charge in [-0.25, -0.2) is 9.59 Å². The van der Waals surface area contributed by atoms with E-state index in [1.807, 2.05) is 24.3 Å². The first kappa shape index (κ1) is 57.9. The number of carboxylic acid groups (broad SMARTS) is 2. The van der Waals surface area contributed by atoms with E-state index < -0.39 is 11.9 Å². The summed E-state index contributed by atoms with van der Waals surface area (Å²) in [4.78, 5) is 37.0. The molecule has 36 rings (SSSR count). The van der Waals surface area contributed by atoms with Gasteiger partial charge in [-0.2, -0.15) is 0 Å². The normalized spacial score (nSPS) is 30.9. The highest BCUT2D eigenvalue weighted by atomic mass is 16.4. The summed E-state index contributed by atoms with van der Waals surface area (Å²) in [5.74, 6) is 13.4. The second-order valence-electron chi connectivity index (χ2n) is 31.2. The summed E-state index contributed by atoms with van der Waals surface area (Å²) in [6.07, 6.45) is 4.13. The van der Waals surface area contributed by atoms with E-state index in [0.717, 1.165) is 148 Å². The Hall–Kier alpha value is -9.28. The Labute approximate surface area is 569 Å². The molecular formula is C87H84N6O4. The molecular weight excluding hydrogens is 1190 g/mol. The standard InChI is InChI=1S/2C31H30N2.C25H24N2O4/c2*1-4-21-32(2)30-19-13-14-20(31(30)33(21)3)16-7-11-18(12-8-16)23-26-24-22(17-9-5-15(19)6-10-17)25-27(23)29(26)28(24)25;1-4-21-26(2)22-19(15-5-9-17(10-6-15)24(28)29)13-14-20(23(22)27(21)3)16-7-11-18(12-8-16)25(30)31/h2*5-14,21-29H,4H2,1-3H3;5-14,21H,4H2,1-3H3,(H,28,29)(H,30,31). The molecule has 10 nitrogen and oxygen atoms in total. The third-order valence-electron chi connectivity index (χ3n) is 28.2. The van der Waals surface area contributed by atoms with Crippen molar-refractivity contribution in [1.29, 1.82) is 0 Å². The van der Waals surface area contributed by atoms with Crippen molar-refractivity contribution in [2.45, 2.75) is 82.2 Å². The third-order valence-corrected chi connectivity index (χ3v) is 28.2. The number of benzene rings is 9. The molecule has 12 bridgehead atoms. The Morgan fingerprint density at radius 3 is 0.577 bits per heavy atom. The molecule has 10 heteroatoms. The van der Waals surface area contributed by atoms with E-state index in [4.69, 9.17) is 0 Å². The Bertz CT molecular complexity index is 4250. The van der Waals surface area contributed by atoms with Gasteiger partial charge in [-0.3, -0.25) is 0 Å². The van der Waals surface area contributed by atoms with Gasteiger partial charge < -0.3 is 39.6 Å². The van der Waals surface area contributed by atoms with Crippen LogP contribution in [-0.2, 0) is 0 Å². The number of hydrogen-bond acceptors (Lipinski definition) is 8. The van der Waals surface area contributed by atoms with Crippen molar-refractivity contribution in [1.82, 2.24) is 0 Å². The van der Waals surface area contributed by atoms with Crippen molar-refractivity contribution in [2.75, 3.05) is 71.7 Å². The maximum Gasteiger partial charge on any atom is 0.335 e. The van der Waals surface area contributed by atoms with Crippen molar-refractivity contribution in [3.05, 3.63) is 215 Å². The third kappa shape index (κ3) is 7.31. The van der Waals surface area contributed by atoms with E-state index in [0.29, 0.717) is 12.3 Å². The summed E-state index contributed by atoms with van der Waals surface area (Å²) in [7, 11) is 13.3. The topological polar surface area (TPSA) is 94.0 Å². The van der Waals surface area contributed by atoms with Gasteiger partial charge >= 0.3 is 11.9 Å². The summed E-state index contributed by atoms with van der Waals surface area (Å²) in [5, 5.41) is 18.4. The lowest BCUT2D eigenvalue weighted by atomic mass is 9.13. The van der Waals surface area contributed by atoms with Crippen LogP contribution in [0.2, 0.25) is 0 Å². The van der Waals surface area contributed by atoms with Crippen LogP contribution in [-0.4, -0.2) is 82.9 Å². The minimum atomic E-state index is -0.945. The highest BCUT2D eigenvalue weighted by Crippen LogP contribution is 2.93. The molecule has 9 aromatic carbocycles. The molecule has 486 valence electrons. The fourth-order valence-electron chi connectivity index (χ4n) is 24.3. The average Bonchev–Trinajstić information content (AvgIpc) is 1.06. The van der Waals surface area contributed by atoms with Crippen LogP contribution in [0.1, 0.15) is 107 Å². The summed E-state index contributed by atoms with van der Waals surface area (Å²) < 4.78 is 0. The van der Waals surface area contributed by atoms with E-state index in [9.17, 15) is 19.8 Å². The first-order chi connectivity index (χ1) is 47.2. The van der Waals surface area contributed by atoms with Crippen LogP contribution in [0, 0.1) is 71.0 Å². The van der Waals surface area contributed by atoms with Crippen LogP contribution in [0.25, 0.3) is 66.8 Å². The monoisotopic (exact) mass is 1280 g/mol. The average molecular weight is 1280 g/mol. The van der Waals surface area contributed by atoms with Gasteiger partial charge in [-0.15, -0.1) is 0 Å². The van der Waals surface area contributed by atoms with Crippen LogP contribution >= 0.6 is 0 Å². The van der Waals surface area contributed by atoms with Gasteiger partial charge in [0.1, 0.15) is 18.5 Å². The molecule has 8 unspecified atom stereocenters. The van der Waals surface area contributed by atoms with Crippen molar-refractivity contribution >= 4 is 46.1 Å². The highest BCUT2D eigenvalue weighted by molar-refractivity contribution is 6.03. The van der Waals surface area contributed by atoms with Gasteiger partial charge in [0.15, 0.2) is 0 Å². The molecule has 0 radical (unpaired) electrons. The molecule has 0 spiro atoms. The second-order valence-corrected chi connectivity index (χ2v) is 31.2. The first-order valence-electron chi connectivity index (χ1n) is 36.2. The predicted molar refractivity (Wildman–Crippen MR) is 391 cm³/mol. The Morgan fingerprint density at radius 1 is 0.258 bits per heavy atom. The van der Waals surface area contributed by atoms with Crippen molar-refractivity contribution in [2.24, 2.45) is 71.0 Å². The maximum atomic E-state index is 11.2. The molecule has 0 amide bonds. The minimum absolute atomic E-state index is 0.187. The van der Waals surface area contributed by atoms with Crippen molar-refractivity contribution in [3.63, 3.8) is 0 Å². The van der Waals surface area contributed by atoms with Gasteiger partial charge in [-0.05, 0) is 194 Å². The molecule has 0 saturated heterocycles. The fraction of sp³-hybridized carbons (Fsp3) is 0.356. The SMILES string of the molecule is CCC1N(C)c2c(-c3ccc(C(=O)O)cc3)ccc(-c3ccc(C(=O)O)cc3)c2N1C.CCC1N(C)c2c3ccc(c2N1C)-c1ccc(cc1)C1C2C4C(c5ccc-3cc5)C3C1C2C43.CCC1N(C)c2c3ccc(c2N1C)-c1ccc(cc1)C1C2C4C(c5ccc-3cc5)C3C1C2C43. The second kappa shape index (κ2) is 20.4. The van der Waals surface area contributed by atoms with Crippen molar-refractivity contribution < 1.29 is 19.8 Å². The lowest BCUT2D eigenvalue weighted by molar-refractivity contribution is -0.398. The Morgan fingerprint density at radius 2 is 0.423 bits per heavy atom. The lowest BCUT2D eigenvalue weighted by Crippen LogP contribution is -2.85. The molecule has 8 fully saturated rings. The van der Waals surface area contributed by atoms with E-state index in [2.05, 4.69) is 226 Å². The summed E-state index contributed by atoms with van der Waals surface area (Å²) in [6.45, 7) is 6.75. The van der Waals surface area contributed by atoms with Crippen LogP contribution in [0.4, 0.5) is 34.1 Å². The predicted octanol–water partition coefficient (Wildman–Crippen LogP) is 18.2. The lowest BCUT2D eigenvalue weighted by Gasteiger charge is -2.90. The van der Waals surface area contributed by atoms with Crippen molar-refractivity contribution in [3.8, 4) is 66.8 Å². The Balaban J connectivity index is 0.0000000992. The quantitative estimate of drug-likeness (QED) is 0.161. The number of carbonyl (C=O) groups is 2. The zero-order valence-corrected chi connectivity index (χ0v) is 56.8. The zero-order valence-electron chi connectivity index (χ0n) is 56.8. The van der Waals surface area contributed by atoms with Gasteiger partial charge in [-0.1, -0.05) is 178 Å². The molecule has 3 heterocycles. The molecule has 24 aliphatic carbocycles. The van der Waals surface area contributed by atoms with Crippen LogP contribution in [0.15, 0.2) is 182 Å². The molecule has 9 aromatic rings. The van der Waals surface area contributed by atoms with Gasteiger partial charge in [0, 0.05) is 75.7 Å². The summed E-state index contributed by atoms with van der Waals surface area (Å²) in [6, 6.07) is 66.6. The zero-order chi connectivity index (χ0) is 65.8. The van der Waals surface area contributed by atoms with E-state index >= 15 is 0 Å². The number of aromatic carboxylic acids is 2. The Kier molecular flexibility index (Phi) is 12.2. The smallest absolute Gasteiger partial charge is 0.335 e.